The van der Waals surface area contributed by atoms with Crippen molar-refractivity contribution in [1.29, 1.82) is 0 Å². The zero-order valence-electron chi connectivity index (χ0n) is 14.9. The van der Waals surface area contributed by atoms with E-state index < -0.39 is 33.7 Å². The first-order chi connectivity index (χ1) is 8.20. The van der Waals surface area contributed by atoms with E-state index in [4.69, 9.17) is 8.54 Å². The predicted octanol–water partition coefficient (Wildman–Crippen LogP) is 6.59. The van der Waals surface area contributed by atoms with Crippen LogP contribution >= 0.6 is 0 Å². The Morgan fingerprint density at radius 3 is 1.55 bits per heavy atom. The van der Waals surface area contributed by atoms with E-state index in [0.29, 0.717) is 6.10 Å². The van der Waals surface area contributed by atoms with Crippen LogP contribution in [0.5, 0.6) is 0 Å². The Hall–Kier alpha value is 0.788. The second-order valence-electron chi connectivity index (χ2n) is 8.56. The lowest BCUT2D eigenvalue weighted by atomic mass is 10.5. The topological polar surface area (TPSA) is 18.5 Å². The van der Waals surface area contributed by atoms with Gasteiger partial charge < -0.3 is 8.54 Å². The zero-order chi connectivity index (χ0) is 15.5. The summed E-state index contributed by atoms with van der Waals surface area (Å²) in [6, 6.07) is 1.30. The monoisotopic (exact) mass is 384 g/mol. The molecule has 0 rings (SSSR count). The molecule has 0 saturated carbocycles. The molecule has 0 radical (unpaired) electrons. The number of rotatable bonds is 8. The van der Waals surface area contributed by atoms with Gasteiger partial charge >= 0.3 is 0 Å². The standard InChI is InChI=1S/C13H36O2Si4.3CH4/c1-13(14-17(3,4)5)11-16(2)12-19(9,10)15-18(6,7)8;;;/h13,16H,11-12H2,1-10H3;3*1H4. The van der Waals surface area contributed by atoms with Gasteiger partial charge in [0.1, 0.15) is 0 Å². The van der Waals surface area contributed by atoms with Crippen molar-refractivity contribution in [2.45, 2.75) is 106 Å². The van der Waals surface area contributed by atoms with Crippen molar-refractivity contribution in [1.82, 2.24) is 0 Å². The molecule has 6 heteroatoms. The van der Waals surface area contributed by atoms with Crippen molar-refractivity contribution < 1.29 is 8.54 Å². The third-order valence-corrected chi connectivity index (χ3v) is 16.7. The molecular formula is C16H48O2Si4. The molecule has 2 unspecified atom stereocenters. The minimum absolute atomic E-state index is 0. The highest BCUT2D eigenvalue weighted by molar-refractivity contribution is 6.90. The van der Waals surface area contributed by atoms with E-state index >= 15 is 0 Å². The average molecular weight is 385 g/mol. The second-order valence-corrected chi connectivity index (χ2v) is 25.9. The normalized spacial score (nSPS) is 15.0. The lowest BCUT2D eigenvalue weighted by Gasteiger charge is -2.34. The van der Waals surface area contributed by atoms with Crippen LogP contribution in [-0.2, 0) is 8.54 Å². The second kappa shape index (κ2) is 11.4. The van der Waals surface area contributed by atoms with E-state index in [-0.39, 0.29) is 22.3 Å². The first kappa shape index (κ1) is 30.6. The van der Waals surface area contributed by atoms with Crippen molar-refractivity contribution in [3.05, 3.63) is 0 Å². The van der Waals surface area contributed by atoms with Gasteiger partial charge in [-0.05, 0) is 71.0 Å². The van der Waals surface area contributed by atoms with Gasteiger partial charge in [-0.15, -0.1) is 0 Å². The minimum atomic E-state index is -1.45. The third-order valence-electron chi connectivity index (χ3n) is 2.71. The molecule has 0 aliphatic carbocycles. The first-order valence-electron chi connectivity index (χ1n) is 7.58. The van der Waals surface area contributed by atoms with Crippen LogP contribution in [0.2, 0.25) is 70.6 Å². The van der Waals surface area contributed by atoms with Crippen molar-refractivity contribution in [2.75, 3.05) is 0 Å². The van der Waals surface area contributed by atoms with Crippen LogP contribution in [0, 0.1) is 0 Å². The zero-order valence-corrected chi connectivity index (χ0v) is 19.0. The molecule has 2 atom stereocenters. The van der Waals surface area contributed by atoms with Crippen LogP contribution in [-0.4, -0.2) is 39.9 Å². The Morgan fingerprint density at radius 2 is 1.23 bits per heavy atom. The summed E-state index contributed by atoms with van der Waals surface area (Å²) in [5.74, 6) is 0. The fourth-order valence-corrected chi connectivity index (χ4v) is 20.8. The summed E-state index contributed by atoms with van der Waals surface area (Å²) in [5.41, 5.74) is 1.39. The molecule has 0 N–H and O–H groups in total. The van der Waals surface area contributed by atoms with Crippen molar-refractivity contribution in [3.8, 4) is 0 Å². The van der Waals surface area contributed by atoms with Gasteiger partial charge in [0, 0.05) is 14.9 Å². The SMILES string of the molecule is C.C.C.CC(C[SiH](C)C[Si](C)(C)O[Si](C)(C)C)O[Si](C)(C)C. The molecule has 0 spiro atoms. The van der Waals surface area contributed by atoms with Gasteiger partial charge in [-0.25, -0.2) is 0 Å². The van der Waals surface area contributed by atoms with Gasteiger partial charge in [-0.1, -0.05) is 28.8 Å². The molecule has 0 bridgehead atoms. The van der Waals surface area contributed by atoms with Gasteiger partial charge in [-0.3, -0.25) is 0 Å². The van der Waals surface area contributed by atoms with E-state index in [9.17, 15) is 0 Å². The summed E-state index contributed by atoms with van der Waals surface area (Å²) in [6.45, 7) is 23.3. The van der Waals surface area contributed by atoms with Gasteiger partial charge in [-0.2, -0.15) is 0 Å². The van der Waals surface area contributed by atoms with Crippen LogP contribution in [0.4, 0.5) is 0 Å². The van der Waals surface area contributed by atoms with Crippen LogP contribution in [0.1, 0.15) is 29.2 Å². The highest BCUT2D eigenvalue weighted by atomic mass is 28.4. The van der Waals surface area contributed by atoms with Gasteiger partial charge in [0.15, 0.2) is 25.0 Å². The highest BCUT2D eigenvalue weighted by Gasteiger charge is 2.32. The van der Waals surface area contributed by atoms with Crippen LogP contribution in [0.15, 0.2) is 0 Å². The lowest BCUT2D eigenvalue weighted by Crippen LogP contribution is -2.45. The molecule has 22 heavy (non-hydrogen) atoms. The molecule has 0 aromatic carbocycles. The van der Waals surface area contributed by atoms with Gasteiger partial charge in [0.2, 0.25) is 0 Å². The van der Waals surface area contributed by atoms with Crippen molar-refractivity contribution in [2.24, 2.45) is 0 Å². The van der Waals surface area contributed by atoms with E-state index in [1.54, 1.807) is 0 Å². The summed E-state index contributed by atoms with van der Waals surface area (Å²) in [4.78, 5) is 0. The van der Waals surface area contributed by atoms with E-state index in [2.05, 4.69) is 65.8 Å². The molecule has 0 aliphatic rings. The maximum atomic E-state index is 6.46. The van der Waals surface area contributed by atoms with Crippen LogP contribution in [0.25, 0.3) is 0 Å². The summed E-state index contributed by atoms with van der Waals surface area (Å²) in [7, 11) is -4.91. The van der Waals surface area contributed by atoms with Crippen LogP contribution in [0.3, 0.4) is 0 Å². The number of hydrogen-bond donors (Lipinski definition) is 0. The summed E-state index contributed by atoms with van der Waals surface area (Å²) in [6.07, 6.45) is 0.449. The van der Waals surface area contributed by atoms with Crippen LogP contribution < -0.4 is 0 Å². The highest BCUT2D eigenvalue weighted by Crippen LogP contribution is 2.22. The van der Waals surface area contributed by atoms with E-state index in [1.165, 1.54) is 11.7 Å². The summed E-state index contributed by atoms with van der Waals surface area (Å²) >= 11 is 0. The molecular weight excluding hydrogens is 337 g/mol. The molecule has 0 saturated heterocycles. The van der Waals surface area contributed by atoms with E-state index in [1.807, 2.05) is 0 Å². The predicted molar refractivity (Wildman–Crippen MR) is 119 cm³/mol. The molecule has 0 amide bonds. The first-order valence-corrected chi connectivity index (χ1v) is 20.3. The molecule has 0 heterocycles. The Kier molecular flexibility index (Phi) is 15.8. The van der Waals surface area contributed by atoms with Crippen molar-refractivity contribution in [3.63, 3.8) is 0 Å². The Labute approximate surface area is 148 Å². The minimum Gasteiger partial charge on any atom is -0.456 e. The summed E-state index contributed by atoms with van der Waals surface area (Å²) in [5, 5.41) is 0. The number of hydrogen-bond acceptors (Lipinski definition) is 2. The Bertz CT molecular complexity index is 270. The Balaban J connectivity index is -0.000000540. The lowest BCUT2D eigenvalue weighted by molar-refractivity contribution is 0.234. The van der Waals surface area contributed by atoms with E-state index in [0.717, 1.165) is 0 Å². The molecule has 0 aromatic rings. The maximum absolute atomic E-state index is 6.46. The fourth-order valence-electron chi connectivity index (χ4n) is 3.01. The largest absolute Gasteiger partial charge is 0.456 e. The smallest absolute Gasteiger partial charge is 0.184 e. The fraction of sp³-hybridized carbons (Fsp3) is 1.00. The quantitative estimate of drug-likeness (QED) is 0.439. The van der Waals surface area contributed by atoms with Gasteiger partial charge in [0.05, 0.1) is 0 Å². The average Bonchev–Trinajstić information content (AvgIpc) is 1.89. The molecule has 2 nitrogen and oxygen atoms in total. The molecule has 0 aliphatic heterocycles. The third kappa shape index (κ3) is 18.8. The maximum Gasteiger partial charge on any atom is 0.184 e. The Morgan fingerprint density at radius 1 is 0.818 bits per heavy atom. The molecule has 140 valence electrons. The molecule has 0 fully saturated rings. The summed E-state index contributed by atoms with van der Waals surface area (Å²) < 4.78 is 12.6. The van der Waals surface area contributed by atoms with Gasteiger partial charge in [0.25, 0.3) is 0 Å². The van der Waals surface area contributed by atoms with Crippen molar-refractivity contribution >= 4 is 33.7 Å². The molecule has 0 aromatic heterocycles.